The van der Waals surface area contributed by atoms with Crippen molar-refractivity contribution >= 4 is 11.9 Å². The van der Waals surface area contributed by atoms with Crippen LogP contribution in [0.5, 0.6) is 0 Å². The lowest BCUT2D eigenvalue weighted by molar-refractivity contribution is -0.348. The van der Waals surface area contributed by atoms with Crippen LogP contribution < -0.4 is 10.2 Å². The van der Waals surface area contributed by atoms with Crippen molar-refractivity contribution in [3.8, 4) is 0 Å². The Labute approximate surface area is 99.8 Å². The van der Waals surface area contributed by atoms with Gasteiger partial charge in [0.25, 0.3) is 0 Å². The van der Waals surface area contributed by atoms with Crippen molar-refractivity contribution in [3.63, 3.8) is 0 Å². The van der Waals surface area contributed by atoms with E-state index in [4.69, 9.17) is 4.89 Å². The van der Waals surface area contributed by atoms with E-state index in [-0.39, 0.29) is 0 Å². The van der Waals surface area contributed by atoms with E-state index in [1.807, 2.05) is 0 Å². The van der Waals surface area contributed by atoms with Gasteiger partial charge in [-0.3, -0.25) is 0 Å². The summed E-state index contributed by atoms with van der Waals surface area (Å²) in [7, 11) is 0. The van der Waals surface area contributed by atoms with Gasteiger partial charge in [0, 0.05) is 5.57 Å². The first kappa shape index (κ1) is 15.4. The number of carboxylic acids is 2. The highest BCUT2D eigenvalue weighted by Crippen LogP contribution is 2.18. The van der Waals surface area contributed by atoms with Crippen LogP contribution in [0, 0.1) is 5.92 Å². The molecule has 0 N–H and O–H groups in total. The van der Waals surface area contributed by atoms with E-state index < -0.39 is 34.8 Å². The van der Waals surface area contributed by atoms with Crippen molar-refractivity contribution in [1.29, 1.82) is 0 Å². The Kier molecular flexibility index (Phi) is 5.15. The molecule has 0 rings (SSSR count). The first-order chi connectivity index (χ1) is 7.56. The molecule has 0 radical (unpaired) electrons. The summed E-state index contributed by atoms with van der Waals surface area (Å²) >= 11 is 0. The summed E-state index contributed by atoms with van der Waals surface area (Å²) in [5.74, 6) is -4.86. The number of carbonyl (C=O) groups is 2. The Morgan fingerprint density at radius 3 is 1.76 bits per heavy atom. The molecule has 0 bridgehead atoms. The third kappa shape index (κ3) is 5.35. The monoisotopic (exact) mass is 244 g/mol. The predicted molar refractivity (Wildman–Crippen MR) is 53.8 cm³/mol. The predicted octanol–water partition coefficient (Wildman–Crippen LogP) is -0.857. The van der Waals surface area contributed by atoms with E-state index in [0.29, 0.717) is 0 Å². The van der Waals surface area contributed by atoms with Gasteiger partial charge < -0.3 is 24.7 Å². The van der Waals surface area contributed by atoms with E-state index in [2.05, 4.69) is 4.89 Å². The number of hydrogen-bond acceptors (Lipinski definition) is 6. The molecule has 0 fully saturated rings. The lowest BCUT2D eigenvalue weighted by atomic mass is 10.0. The van der Waals surface area contributed by atoms with Gasteiger partial charge in [-0.25, -0.2) is 0 Å². The zero-order valence-electron chi connectivity index (χ0n) is 10.5. The highest BCUT2D eigenvalue weighted by molar-refractivity contribution is 5.95. The highest BCUT2D eigenvalue weighted by Gasteiger charge is 2.19. The molecule has 98 valence electrons. The molecule has 6 nitrogen and oxygen atoms in total. The maximum absolute atomic E-state index is 10.8. The van der Waals surface area contributed by atoms with E-state index in [0.717, 1.165) is 0 Å². The van der Waals surface area contributed by atoms with E-state index >= 15 is 0 Å². The van der Waals surface area contributed by atoms with Gasteiger partial charge in [0.2, 0.25) is 0 Å². The number of hydrogen-bond donors (Lipinski definition) is 0. The molecule has 17 heavy (non-hydrogen) atoms. The van der Waals surface area contributed by atoms with Gasteiger partial charge in [-0.2, -0.15) is 4.89 Å². The molecule has 0 spiro atoms. The van der Waals surface area contributed by atoms with E-state index in [1.165, 1.54) is 13.8 Å². The van der Waals surface area contributed by atoms with Crippen LogP contribution in [-0.2, 0) is 19.4 Å². The highest BCUT2D eigenvalue weighted by atomic mass is 17.2. The summed E-state index contributed by atoms with van der Waals surface area (Å²) in [5.41, 5.74) is -1.29. The number of aliphatic carboxylic acids is 2. The number of rotatable bonds is 5. The van der Waals surface area contributed by atoms with Crippen LogP contribution in [0.3, 0.4) is 0 Å². The fraction of sp³-hybridized carbons (Fsp3) is 0.636. The van der Waals surface area contributed by atoms with Crippen molar-refractivity contribution in [1.82, 2.24) is 0 Å². The molecule has 0 unspecified atom stereocenters. The summed E-state index contributed by atoms with van der Waals surface area (Å²) in [6.45, 7) is 7.85. The molecule has 0 atom stereocenters. The molecule has 0 aliphatic rings. The average molecular weight is 244 g/mol. The summed E-state index contributed by atoms with van der Waals surface area (Å²) in [4.78, 5) is 30.9. The van der Waals surface area contributed by atoms with Crippen LogP contribution in [0.4, 0.5) is 0 Å². The molecule has 0 saturated heterocycles. The Bertz CT molecular complexity index is 334. The zero-order chi connectivity index (χ0) is 13.8. The first-order valence-electron chi connectivity index (χ1n) is 5.08. The molecule has 0 aromatic rings. The van der Waals surface area contributed by atoms with Crippen molar-refractivity contribution in [2.24, 2.45) is 5.92 Å². The van der Waals surface area contributed by atoms with Crippen molar-refractivity contribution in [3.05, 3.63) is 11.3 Å². The largest absolute Gasteiger partial charge is 0.545 e. The van der Waals surface area contributed by atoms with Crippen LogP contribution in [0.2, 0.25) is 0 Å². The minimum absolute atomic E-state index is 0.505. The van der Waals surface area contributed by atoms with Crippen molar-refractivity contribution in [2.45, 2.75) is 40.2 Å². The van der Waals surface area contributed by atoms with Crippen LogP contribution >= 0.6 is 0 Å². The maximum atomic E-state index is 10.8. The smallest absolute Gasteiger partial charge is 0.193 e. The number of carbonyl (C=O) groups excluding carboxylic acids is 2. The molecule has 6 heteroatoms. The third-order valence-electron chi connectivity index (χ3n) is 1.60. The quantitative estimate of drug-likeness (QED) is 0.270. The molecule has 0 heterocycles. The Morgan fingerprint density at radius 1 is 1.06 bits per heavy atom. The van der Waals surface area contributed by atoms with Gasteiger partial charge in [0.1, 0.15) is 11.6 Å². The molecular weight excluding hydrogens is 228 g/mol. The molecule has 0 amide bonds. The SMILES string of the molecule is CC(C)/C(C(=O)[O-])=C(/OOC(C)(C)C)C(=O)[O-]. The molecule has 0 aliphatic carbocycles. The fourth-order valence-electron chi connectivity index (χ4n) is 0.946. The van der Waals surface area contributed by atoms with Gasteiger partial charge in [0.15, 0.2) is 5.76 Å². The van der Waals surface area contributed by atoms with Gasteiger partial charge in [-0.15, -0.1) is 0 Å². The zero-order valence-corrected chi connectivity index (χ0v) is 10.5. The minimum atomic E-state index is -1.76. The van der Waals surface area contributed by atoms with Crippen LogP contribution in [0.1, 0.15) is 34.6 Å². The lowest BCUT2D eigenvalue weighted by Gasteiger charge is -2.23. The minimum Gasteiger partial charge on any atom is -0.545 e. The summed E-state index contributed by atoms with van der Waals surface area (Å²) in [6.07, 6.45) is 0. The first-order valence-corrected chi connectivity index (χ1v) is 5.08. The maximum Gasteiger partial charge on any atom is 0.193 e. The van der Waals surface area contributed by atoms with Gasteiger partial charge >= 0.3 is 0 Å². The lowest BCUT2D eigenvalue weighted by Crippen LogP contribution is -2.35. The van der Waals surface area contributed by atoms with Gasteiger partial charge in [0.05, 0.1) is 5.97 Å². The Hall–Kier alpha value is -1.56. The summed E-state index contributed by atoms with van der Waals surface area (Å²) in [6, 6.07) is 0. The standard InChI is InChI=1S/C11H18O6/c1-6(2)7(9(12)13)8(10(14)15)16-17-11(3,4)5/h6H,1-5H3,(H,12,13)(H,14,15)/p-2/b8-7-. The van der Waals surface area contributed by atoms with E-state index in [1.54, 1.807) is 20.8 Å². The normalized spacial score (nSPS) is 13.3. The molecule has 0 aliphatic heterocycles. The topological polar surface area (TPSA) is 98.7 Å². The van der Waals surface area contributed by atoms with Crippen LogP contribution in [-0.4, -0.2) is 17.5 Å². The summed E-state index contributed by atoms with van der Waals surface area (Å²) < 4.78 is 0. The van der Waals surface area contributed by atoms with Gasteiger partial charge in [-0.05, 0) is 26.7 Å². The molecule has 0 saturated carbocycles. The second kappa shape index (κ2) is 5.67. The fourth-order valence-corrected chi connectivity index (χ4v) is 0.946. The van der Waals surface area contributed by atoms with Crippen molar-refractivity contribution in [2.75, 3.05) is 0 Å². The van der Waals surface area contributed by atoms with Crippen molar-refractivity contribution < 1.29 is 29.6 Å². The van der Waals surface area contributed by atoms with E-state index in [9.17, 15) is 19.8 Å². The molecule has 0 aromatic carbocycles. The van der Waals surface area contributed by atoms with Crippen LogP contribution in [0.25, 0.3) is 0 Å². The third-order valence-corrected chi connectivity index (χ3v) is 1.60. The molecular formula is C11H16O6-2. The second-order valence-corrected chi connectivity index (χ2v) is 4.75. The molecule has 0 aromatic heterocycles. The Morgan fingerprint density at radius 2 is 1.53 bits per heavy atom. The second-order valence-electron chi connectivity index (χ2n) is 4.75. The number of carboxylic acid groups (broad SMARTS) is 2. The Balaban J connectivity index is 5.25. The average Bonchev–Trinajstić information content (AvgIpc) is 2.07. The summed E-state index contributed by atoms with van der Waals surface area (Å²) in [5, 5.41) is 21.6. The van der Waals surface area contributed by atoms with Gasteiger partial charge in [-0.1, -0.05) is 13.8 Å². The van der Waals surface area contributed by atoms with Crippen LogP contribution in [0.15, 0.2) is 11.3 Å².